The summed E-state index contributed by atoms with van der Waals surface area (Å²) in [5, 5.41) is 10.7. The van der Waals surface area contributed by atoms with Gasteiger partial charge < -0.3 is 9.21 Å². The van der Waals surface area contributed by atoms with Crippen molar-refractivity contribution in [3.63, 3.8) is 0 Å². The van der Waals surface area contributed by atoms with E-state index in [4.69, 9.17) is 4.42 Å². The van der Waals surface area contributed by atoms with Crippen molar-refractivity contribution in [2.75, 3.05) is 0 Å². The number of oxazole rings is 1. The molecule has 0 amide bonds. The molecule has 0 bridgehead atoms. The number of hydrogen-bond donors (Lipinski definition) is 0. The van der Waals surface area contributed by atoms with Crippen LogP contribution in [0.2, 0.25) is 0 Å². The molecule has 1 aromatic heterocycles. The number of aromatic nitrogens is 1. The Bertz CT molecular complexity index is 713. The molecule has 106 valence electrons. The molecule has 0 spiro atoms. The fraction of sp³-hybridized carbons (Fsp3) is 0.385. The molecule has 0 fully saturated rings. The van der Waals surface area contributed by atoms with Crippen LogP contribution in [0.4, 0.5) is 5.69 Å². The summed E-state index contributed by atoms with van der Waals surface area (Å²) in [6.07, 6.45) is 1.77. The van der Waals surface area contributed by atoms with Crippen LogP contribution in [0.5, 0.6) is 0 Å². The zero-order valence-electron chi connectivity index (χ0n) is 11.0. The minimum absolute atomic E-state index is 0.0872. The van der Waals surface area contributed by atoms with Gasteiger partial charge in [0.25, 0.3) is 5.69 Å². The fourth-order valence-corrected chi connectivity index (χ4v) is 2.02. The van der Waals surface area contributed by atoms with Crippen LogP contribution in [0.1, 0.15) is 26.2 Å². The molecule has 0 aliphatic rings. The number of rotatable bonds is 6. The second-order valence-corrected chi connectivity index (χ2v) is 4.59. The second-order valence-electron chi connectivity index (χ2n) is 4.59. The van der Waals surface area contributed by atoms with Crippen LogP contribution in [0, 0.1) is 10.1 Å². The highest BCUT2D eigenvalue weighted by Crippen LogP contribution is 2.20. The average Bonchev–Trinajstić information content (AvgIpc) is 2.69. The summed E-state index contributed by atoms with van der Waals surface area (Å²) in [4.78, 5) is 32.8. The first-order chi connectivity index (χ1) is 9.49. The molecule has 2 aromatic rings. The van der Waals surface area contributed by atoms with Crippen LogP contribution in [-0.2, 0) is 11.3 Å². The van der Waals surface area contributed by atoms with Crippen LogP contribution in [0.25, 0.3) is 11.1 Å². The van der Waals surface area contributed by atoms with Gasteiger partial charge in [-0.25, -0.2) is 4.79 Å². The van der Waals surface area contributed by atoms with E-state index >= 15 is 0 Å². The average molecular weight is 278 g/mol. The third-order valence-corrected chi connectivity index (χ3v) is 3.02. The molecule has 0 saturated carbocycles. The Labute approximate surface area is 114 Å². The summed E-state index contributed by atoms with van der Waals surface area (Å²) >= 11 is 0. The first-order valence-corrected chi connectivity index (χ1v) is 6.26. The normalized spacial score (nSPS) is 10.8. The van der Waals surface area contributed by atoms with Crippen molar-refractivity contribution >= 4 is 22.6 Å². The quantitative estimate of drug-likeness (QED) is 0.459. The largest absolute Gasteiger partial charge is 0.419 e. The van der Waals surface area contributed by atoms with Crippen molar-refractivity contribution in [2.45, 2.75) is 32.7 Å². The van der Waals surface area contributed by atoms with Crippen molar-refractivity contribution in [3.8, 4) is 0 Å². The number of hydrogen-bond acceptors (Lipinski definition) is 5. The van der Waals surface area contributed by atoms with E-state index in [9.17, 15) is 19.7 Å². The zero-order chi connectivity index (χ0) is 14.7. The van der Waals surface area contributed by atoms with Gasteiger partial charge in [0.1, 0.15) is 5.78 Å². The summed E-state index contributed by atoms with van der Waals surface area (Å²) in [5.74, 6) is -0.437. The molecule has 20 heavy (non-hydrogen) atoms. The number of unbranched alkanes of at least 4 members (excludes halogenated alkanes) is 1. The Morgan fingerprint density at radius 3 is 2.80 bits per heavy atom. The molecule has 7 nitrogen and oxygen atoms in total. The molecule has 0 aliphatic heterocycles. The molecular formula is C13H14N2O5. The van der Waals surface area contributed by atoms with Gasteiger partial charge in [-0.15, -0.1) is 0 Å². The summed E-state index contributed by atoms with van der Waals surface area (Å²) in [6.45, 7) is 1.89. The van der Waals surface area contributed by atoms with Gasteiger partial charge in [-0.1, -0.05) is 0 Å². The van der Waals surface area contributed by atoms with Crippen molar-refractivity contribution in [3.05, 3.63) is 38.9 Å². The van der Waals surface area contributed by atoms with E-state index in [0.717, 1.165) is 0 Å². The predicted molar refractivity (Wildman–Crippen MR) is 71.7 cm³/mol. The molecule has 0 N–H and O–H groups in total. The van der Waals surface area contributed by atoms with Gasteiger partial charge in [0.15, 0.2) is 5.58 Å². The van der Waals surface area contributed by atoms with Gasteiger partial charge >= 0.3 is 5.76 Å². The number of Topliss-reactive ketones (excluding diaryl/α,β-unsaturated/α-hetero) is 1. The van der Waals surface area contributed by atoms with E-state index in [1.165, 1.54) is 29.7 Å². The molecule has 1 heterocycles. The second kappa shape index (κ2) is 5.68. The number of aryl methyl sites for hydroxylation is 1. The lowest BCUT2D eigenvalue weighted by atomic mass is 10.2. The molecule has 0 atom stereocenters. The molecule has 0 saturated heterocycles. The smallest absolute Gasteiger partial charge is 0.408 e. The molecule has 0 aliphatic carbocycles. The van der Waals surface area contributed by atoms with E-state index in [2.05, 4.69) is 0 Å². The summed E-state index contributed by atoms with van der Waals surface area (Å²) < 4.78 is 6.39. The number of benzene rings is 1. The van der Waals surface area contributed by atoms with Crippen LogP contribution in [0.15, 0.2) is 27.4 Å². The van der Waals surface area contributed by atoms with Gasteiger partial charge in [-0.3, -0.25) is 14.7 Å². The van der Waals surface area contributed by atoms with Crippen molar-refractivity contribution < 1.29 is 14.1 Å². The molecule has 2 rings (SSSR count). The van der Waals surface area contributed by atoms with Crippen LogP contribution in [-0.4, -0.2) is 15.3 Å². The maximum atomic E-state index is 11.7. The molecule has 7 heteroatoms. The highest BCUT2D eigenvalue weighted by Gasteiger charge is 2.13. The summed E-state index contributed by atoms with van der Waals surface area (Å²) in [7, 11) is 0. The fourth-order valence-electron chi connectivity index (χ4n) is 2.02. The predicted octanol–water partition coefficient (Wildman–Crippen LogP) is 2.26. The Balaban J connectivity index is 2.25. The van der Waals surface area contributed by atoms with Gasteiger partial charge in [0.2, 0.25) is 0 Å². The maximum Gasteiger partial charge on any atom is 0.419 e. The minimum Gasteiger partial charge on any atom is -0.408 e. The van der Waals surface area contributed by atoms with Crippen molar-refractivity contribution in [2.24, 2.45) is 0 Å². The first kappa shape index (κ1) is 14.0. The third kappa shape index (κ3) is 2.93. The lowest BCUT2D eigenvalue weighted by molar-refractivity contribution is -0.384. The van der Waals surface area contributed by atoms with Gasteiger partial charge in [-0.2, -0.15) is 0 Å². The Kier molecular flexibility index (Phi) is 3.97. The lowest BCUT2D eigenvalue weighted by Gasteiger charge is -2.01. The zero-order valence-corrected chi connectivity index (χ0v) is 11.0. The highest BCUT2D eigenvalue weighted by molar-refractivity contribution is 5.76. The molecular weight excluding hydrogens is 264 g/mol. The summed E-state index contributed by atoms with van der Waals surface area (Å²) in [5.41, 5.74) is 0.648. The van der Waals surface area contributed by atoms with Crippen LogP contribution < -0.4 is 5.76 Å². The maximum absolute atomic E-state index is 11.7. The van der Waals surface area contributed by atoms with Crippen LogP contribution >= 0.6 is 0 Å². The SMILES string of the molecule is CC(=O)CCCCn1c(=O)oc2ccc([N+](=O)[O-])cc21. The van der Waals surface area contributed by atoms with Crippen molar-refractivity contribution in [1.82, 2.24) is 4.57 Å². The number of ketones is 1. The van der Waals surface area contributed by atoms with E-state index in [1.54, 1.807) is 0 Å². The number of carbonyl (C=O) groups excluding carboxylic acids is 1. The van der Waals surface area contributed by atoms with Gasteiger partial charge in [0.05, 0.1) is 10.4 Å². The standard InChI is InChI=1S/C13H14N2O5/c1-9(16)4-2-3-7-14-11-8-10(15(18)19)5-6-12(11)20-13(14)17/h5-6,8H,2-4,7H2,1H3. The van der Waals surface area contributed by atoms with Gasteiger partial charge in [0, 0.05) is 25.1 Å². The third-order valence-electron chi connectivity index (χ3n) is 3.02. The number of fused-ring (bicyclic) bond motifs is 1. The highest BCUT2D eigenvalue weighted by atomic mass is 16.6. The Morgan fingerprint density at radius 1 is 1.40 bits per heavy atom. The van der Waals surface area contributed by atoms with E-state index in [1.807, 2.05) is 0 Å². The van der Waals surface area contributed by atoms with Crippen molar-refractivity contribution in [1.29, 1.82) is 0 Å². The van der Waals surface area contributed by atoms with Crippen LogP contribution in [0.3, 0.4) is 0 Å². The number of nitro benzene ring substituents is 1. The Morgan fingerprint density at radius 2 is 2.15 bits per heavy atom. The van der Waals surface area contributed by atoms with Gasteiger partial charge in [-0.05, 0) is 25.8 Å². The number of non-ortho nitro benzene ring substituents is 1. The topological polar surface area (TPSA) is 95.3 Å². The lowest BCUT2D eigenvalue weighted by Crippen LogP contribution is -2.14. The summed E-state index contributed by atoms with van der Waals surface area (Å²) in [6, 6.07) is 4.04. The minimum atomic E-state index is -0.539. The van der Waals surface area contributed by atoms with E-state index < -0.39 is 10.7 Å². The molecule has 0 unspecified atom stereocenters. The van der Waals surface area contributed by atoms with E-state index in [0.29, 0.717) is 36.9 Å². The number of carbonyl (C=O) groups is 1. The monoisotopic (exact) mass is 278 g/mol. The molecule has 1 aromatic carbocycles. The Hall–Kier alpha value is -2.44. The van der Waals surface area contributed by atoms with E-state index in [-0.39, 0.29) is 11.5 Å². The number of nitrogens with zero attached hydrogens (tertiary/aromatic N) is 2. The first-order valence-electron chi connectivity index (χ1n) is 6.26. The number of nitro groups is 1. The molecule has 0 radical (unpaired) electrons.